The number of aryl methyl sites for hydroxylation is 1. The zero-order valence-electron chi connectivity index (χ0n) is 13.1. The summed E-state index contributed by atoms with van der Waals surface area (Å²) in [6, 6.07) is 12.9. The summed E-state index contributed by atoms with van der Waals surface area (Å²) in [6.45, 7) is 1.97. The molecule has 2 aromatic rings. The van der Waals surface area contributed by atoms with Crippen LogP contribution in [0.1, 0.15) is 11.1 Å². The summed E-state index contributed by atoms with van der Waals surface area (Å²) in [7, 11) is -0.905. The Kier molecular flexibility index (Phi) is 5.66. The van der Waals surface area contributed by atoms with Crippen molar-refractivity contribution < 1.29 is 18.7 Å². The maximum atomic E-state index is 12.1. The molecule has 0 saturated carbocycles. The fraction of sp³-hybridized carbons (Fsp3) is 0.176. The summed E-state index contributed by atoms with van der Waals surface area (Å²) >= 11 is 5.98. The van der Waals surface area contributed by atoms with Crippen LogP contribution in [0.15, 0.2) is 48.3 Å². The molecule has 0 aliphatic heterocycles. The fourth-order valence-electron chi connectivity index (χ4n) is 2.20. The van der Waals surface area contributed by atoms with Gasteiger partial charge in [0.2, 0.25) is 0 Å². The largest absolute Gasteiger partial charge is 0.507 e. The highest BCUT2D eigenvalue weighted by Gasteiger charge is 2.19. The lowest BCUT2D eigenvalue weighted by Gasteiger charge is -2.11. The molecule has 0 amide bonds. The lowest BCUT2D eigenvalue weighted by atomic mass is 9.98. The molecule has 0 radical (unpaired) electrons. The Morgan fingerprint density at radius 3 is 2.48 bits per heavy atom. The number of hydrogen-bond acceptors (Lipinski definition) is 4. The van der Waals surface area contributed by atoms with Crippen molar-refractivity contribution >= 4 is 25.0 Å². The van der Waals surface area contributed by atoms with Gasteiger partial charge in [-0.1, -0.05) is 35.9 Å². The van der Waals surface area contributed by atoms with E-state index in [-0.39, 0.29) is 5.76 Å². The normalized spacial score (nSPS) is 12.4. The van der Waals surface area contributed by atoms with Crippen molar-refractivity contribution in [3.8, 4) is 11.1 Å². The van der Waals surface area contributed by atoms with Gasteiger partial charge < -0.3 is 14.2 Å². The second-order valence-corrected chi connectivity index (χ2v) is 7.46. The van der Waals surface area contributed by atoms with Crippen LogP contribution in [-0.2, 0) is 13.6 Å². The zero-order chi connectivity index (χ0) is 17.0. The monoisotopic (exact) mass is 352 g/mol. The van der Waals surface area contributed by atoms with E-state index in [1.807, 2.05) is 37.3 Å². The van der Waals surface area contributed by atoms with Crippen LogP contribution in [0.2, 0.25) is 5.02 Å². The number of hydrogen-bond donors (Lipinski definition) is 1. The summed E-state index contributed by atoms with van der Waals surface area (Å²) in [4.78, 5) is 0. The third-order valence-corrected chi connectivity index (χ3v) is 5.26. The Morgan fingerprint density at radius 1 is 1.17 bits per heavy atom. The Morgan fingerprint density at radius 2 is 1.87 bits per heavy atom. The Bertz CT molecular complexity index is 778. The van der Waals surface area contributed by atoms with Crippen molar-refractivity contribution in [2.75, 3.05) is 14.2 Å². The van der Waals surface area contributed by atoms with Gasteiger partial charge in [0.05, 0.1) is 5.82 Å². The first-order valence-electron chi connectivity index (χ1n) is 6.88. The van der Waals surface area contributed by atoms with Crippen molar-refractivity contribution in [1.29, 1.82) is 0 Å². The van der Waals surface area contributed by atoms with Crippen molar-refractivity contribution in [2.45, 2.75) is 6.92 Å². The van der Waals surface area contributed by atoms with Crippen LogP contribution in [0.3, 0.4) is 0 Å². The van der Waals surface area contributed by atoms with E-state index >= 15 is 0 Å². The van der Waals surface area contributed by atoms with Gasteiger partial charge in [-0.2, -0.15) is 0 Å². The van der Waals surface area contributed by atoms with Crippen LogP contribution < -0.4 is 0 Å². The first-order valence-corrected chi connectivity index (χ1v) is 8.87. The van der Waals surface area contributed by atoms with Crippen LogP contribution in [0.5, 0.6) is 0 Å². The topological polar surface area (TPSA) is 55.8 Å². The molecule has 23 heavy (non-hydrogen) atoms. The summed E-state index contributed by atoms with van der Waals surface area (Å²) in [5, 5.41) is 10.9. The SMILES string of the molecule is COP(=O)(C=C(O)c1cccc(-c2ccc(Cl)cc2C)c1)OC. The van der Waals surface area contributed by atoms with E-state index in [1.165, 1.54) is 14.2 Å². The molecule has 0 aliphatic rings. The van der Waals surface area contributed by atoms with E-state index in [0.717, 1.165) is 22.5 Å². The molecule has 2 aromatic carbocycles. The zero-order valence-corrected chi connectivity index (χ0v) is 14.8. The highest BCUT2D eigenvalue weighted by molar-refractivity contribution is 7.57. The van der Waals surface area contributed by atoms with Crippen molar-refractivity contribution in [2.24, 2.45) is 0 Å². The molecule has 4 nitrogen and oxygen atoms in total. The lowest BCUT2D eigenvalue weighted by Crippen LogP contribution is -1.90. The molecule has 0 unspecified atom stereocenters. The van der Waals surface area contributed by atoms with Crippen LogP contribution in [0.25, 0.3) is 16.9 Å². The standard InChI is InChI=1S/C17H18ClO4P/c1-12-9-15(18)7-8-16(12)13-5-4-6-14(10-13)17(19)11-23(20,21-2)22-3/h4-11,19H,1-3H3. The molecule has 0 aromatic heterocycles. The summed E-state index contributed by atoms with van der Waals surface area (Å²) in [5.41, 5.74) is 3.47. The molecule has 0 atom stereocenters. The Hall–Kier alpha value is -1.58. The molecule has 0 fully saturated rings. The molecule has 0 aliphatic carbocycles. The smallest absolute Gasteiger partial charge is 0.357 e. The van der Waals surface area contributed by atoms with Gasteiger partial charge in [0, 0.05) is 24.8 Å². The Labute approximate surface area is 140 Å². The third kappa shape index (κ3) is 4.24. The summed E-state index contributed by atoms with van der Waals surface area (Å²) < 4.78 is 21.7. The van der Waals surface area contributed by atoms with E-state index in [1.54, 1.807) is 12.1 Å². The fourth-order valence-corrected chi connectivity index (χ4v) is 3.24. The van der Waals surface area contributed by atoms with E-state index in [0.29, 0.717) is 10.6 Å². The van der Waals surface area contributed by atoms with Gasteiger partial charge in [-0.3, -0.25) is 4.57 Å². The average Bonchev–Trinajstić information content (AvgIpc) is 2.54. The predicted octanol–water partition coefficient (Wildman–Crippen LogP) is 5.66. The van der Waals surface area contributed by atoms with Gasteiger partial charge >= 0.3 is 7.60 Å². The Balaban J connectivity index is 2.44. The molecule has 0 bridgehead atoms. The van der Waals surface area contributed by atoms with Crippen molar-refractivity contribution in [1.82, 2.24) is 0 Å². The van der Waals surface area contributed by atoms with E-state index in [2.05, 4.69) is 0 Å². The van der Waals surface area contributed by atoms with Crippen molar-refractivity contribution in [3.05, 3.63) is 64.4 Å². The van der Waals surface area contributed by atoms with Gasteiger partial charge in [0.25, 0.3) is 0 Å². The van der Waals surface area contributed by atoms with E-state index in [4.69, 9.17) is 20.6 Å². The first kappa shape index (κ1) is 17.8. The molecule has 0 saturated heterocycles. The molecular weight excluding hydrogens is 335 g/mol. The van der Waals surface area contributed by atoms with Gasteiger partial charge in [-0.15, -0.1) is 0 Å². The molecule has 1 N–H and O–H groups in total. The minimum absolute atomic E-state index is 0.162. The maximum Gasteiger partial charge on any atom is 0.357 e. The number of aliphatic hydroxyl groups excluding tert-OH is 1. The van der Waals surface area contributed by atoms with E-state index < -0.39 is 7.60 Å². The highest BCUT2D eigenvalue weighted by Crippen LogP contribution is 2.49. The maximum absolute atomic E-state index is 12.1. The van der Waals surface area contributed by atoms with Crippen LogP contribution in [0.4, 0.5) is 0 Å². The highest BCUT2D eigenvalue weighted by atomic mass is 35.5. The summed E-state index contributed by atoms with van der Waals surface area (Å²) in [6.07, 6.45) is 0. The summed E-state index contributed by atoms with van der Waals surface area (Å²) in [5.74, 6) is 0.936. The van der Waals surface area contributed by atoms with Crippen LogP contribution >= 0.6 is 19.2 Å². The number of aliphatic hydroxyl groups is 1. The molecule has 6 heteroatoms. The minimum atomic E-state index is -3.44. The van der Waals surface area contributed by atoms with Gasteiger partial charge in [-0.25, -0.2) is 0 Å². The molecule has 0 spiro atoms. The van der Waals surface area contributed by atoms with Crippen molar-refractivity contribution in [3.63, 3.8) is 0 Å². The second kappa shape index (κ2) is 7.33. The molecule has 2 rings (SSSR count). The van der Waals surface area contributed by atoms with Gasteiger partial charge in [0.1, 0.15) is 5.76 Å². The van der Waals surface area contributed by atoms with Gasteiger partial charge in [0.15, 0.2) is 0 Å². The third-order valence-electron chi connectivity index (χ3n) is 3.45. The van der Waals surface area contributed by atoms with Gasteiger partial charge in [-0.05, 0) is 41.8 Å². The van der Waals surface area contributed by atoms with E-state index in [9.17, 15) is 9.67 Å². The number of benzene rings is 2. The molecule has 0 heterocycles. The minimum Gasteiger partial charge on any atom is -0.507 e. The predicted molar refractivity (Wildman–Crippen MR) is 93.9 cm³/mol. The second-order valence-electron chi connectivity index (χ2n) is 4.96. The van der Waals surface area contributed by atoms with Crippen LogP contribution in [-0.4, -0.2) is 19.3 Å². The lowest BCUT2D eigenvalue weighted by molar-refractivity contribution is 0.285. The molecule has 122 valence electrons. The van der Waals surface area contributed by atoms with Crippen LogP contribution in [0, 0.1) is 6.92 Å². The number of rotatable bonds is 5. The first-order chi connectivity index (χ1) is 10.9. The average molecular weight is 353 g/mol. The molecular formula is C17H18ClO4P. The number of halogens is 1. The quantitative estimate of drug-likeness (QED) is 0.557.